The topological polar surface area (TPSA) is 101 Å². The fourth-order valence-electron chi connectivity index (χ4n) is 3.91. The Morgan fingerprint density at radius 3 is 2.44 bits per heavy atom. The van der Waals surface area contributed by atoms with E-state index in [0.717, 1.165) is 25.8 Å². The van der Waals surface area contributed by atoms with E-state index < -0.39 is 14.9 Å². The van der Waals surface area contributed by atoms with Crippen LogP contribution in [0.4, 0.5) is 5.69 Å². The van der Waals surface area contributed by atoms with Crippen LogP contribution in [0, 0.1) is 16.0 Å². The molecular formula is C18H25N3O5S. The van der Waals surface area contributed by atoms with Crippen LogP contribution in [0.1, 0.15) is 39.0 Å². The average molecular weight is 395 g/mol. The van der Waals surface area contributed by atoms with Gasteiger partial charge >= 0.3 is 0 Å². The highest BCUT2D eigenvalue weighted by atomic mass is 32.2. The van der Waals surface area contributed by atoms with Crippen LogP contribution in [0.5, 0.6) is 0 Å². The van der Waals surface area contributed by atoms with Crippen LogP contribution in [-0.2, 0) is 14.8 Å². The van der Waals surface area contributed by atoms with E-state index in [4.69, 9.17) is 0 Å². The Bertz CT molecular complexity index is 809. The molecule has 1 aromatic carbocycles. The lowest BCUT2D eigenvalue weighted by Gasteiger charge is -2.38. The van der Waals surface area contributed by atoms with Gasteiger partial charge in [0, 0.05) is 37.8 Å². The van der Waals surface area contributed by atoms with Crippen LogP contribution in [0.3, 0.4) is 0 Å². The molecule has 2 aliphatic heterocycles. The normalized spacial score (nSPS) is 24.6. The molecule has 1 aromatic rings. The molecule has 2 heterocycles. The smallest absolute Gasteiger partial charge is 0.269 e. The highest BCUT2D eigenvalue weighted by Crippen LogP contribution is 2.28. The average Bonchev–Trinajstić information content (AvgIpc) is 2.68. The quantitative estimate of drug-likeness (QED) is 0.575. The first-order chi connectivity index (χ1) is 12.8. The predicted octanol–water partition coefficient (Wildman–Crippen LogP) is 2.40. The Balaban J connectivity index is 1.74. The second-order valence-electron chi connectivity index (χ2n) is 7.33. The third kappa shape index (κ3) is 4.14. The Kier molecular flexibility index (Phi) is 5.81. The second-order valence-corrected chi connectivity index (χ2v) is 9.27. The summed E-state index contributed by atoms with van der Waals surface area (Å²) < 4.78 is 27.2. The fraction of sp³-hybridized carbons (Fsp3) is 0.611. The maximum absolute atomic E-state index is 12.9. The lowest BCUT2D eigenvalue weighted by Crippen LogP contribution is -2.50. The van der Waals surface area contributed by atoms with Gasteiger partial charge in [0.1, 0.15) is 0 Å². The van der Waals surface area contributed by atoms with Crippen molar-refractivity contribution >= 4 is 21.6 Å². The van der Waals surface area contributed by atoms with E-state index in [0.29, 0.717) is 19.4 Å². The molecule has 9 heteroatoms. The summed E-state index contributed by atoms with van der Waals surface area (Å²) in [6.45, 7) is 3.32. The number of rotatable bonds is 4. The zero-order valence-corrected chi connectivity index (χ0v) is 16.2. The zero-order valence-electron chi connectivity index (χ0n) is 15.4. The maximum Gasteiger partial charge on any atom is 0.269 e. The van der Waals surface area contributed by atoms with Crippen molar-refractivity contribution in [2.45, 2.75) is 50.0 Å². The SMILES string of the molecule is C[C@@H]1CCCCN1C(=O)[C@@H]1CCCN(S(=O)(=O)c2ccc([N+](=O)[O-])cc2)C1. The first-order valence-corrected chi connectivity index (χ1v) is 10.8. The van der Waals surface area contributed by atoms with Gasteiger partial charge in [0.2, 0.25) is 15.9 Å². The number of nitro benzene ring substituents is 1. The summed E-state index contributed by atoms with van der Waals surface area (Å²) in [4.78, 5) is 25.0. The molecule has 2 atom stereocenters. The zero-order chi connectivity index (χ0) is 19.6. The summed E-state index contributed by atoms with van der Waals surface area (Å²) in [6, 6.07) is 5.09. The predicted molar refractivity (Wildman–Crippen MR) is 99.6 cm³/mol. The number of nitro groups is 1. The molecular weight excluding hydrogens is 370 g/mol. The molecule has 0 spiro atoms. The Labute approximate surface area is 159 Å². The van der Waals surface area contributed by atoms with Crippen molar-refractivity contribution < 1.29 is 18.1 Å². The van der Waals surface area contributed by atoms with Crippen molar-refractivity contribution in [3.8, 4) is 0 Å². The van der Waals surface area contributed by atoms with Crippen molar-refractivity contribution in [2.75, 3.05) is 19.6 Å². The van der Waals surface area contributed by atoms with E-state index in [1.54, 1.807) is 0 Å². The number of carbonyl (C=O) groups excluding carboxylic acids is 1. The van der Waals surface area contributed by atoms with Crippen LogP contribution in [-0.4, -0.2) is 54.1 Å². The Hall–Kier alpha value is -2.00. The van der Waals surface area contributed by atoms with Crippen LogP contribution in [0.2, 0.25) is 0 Å². The van der Waals surface area contributed by atoms with E-state index in [-0.39, 0.29) is 35.0 Å². The summed E-state index contributed by atoms with van der Waals surface area (Å²) in [5.41, 5.74) is -0.153. The number of benzene rings is 1. The first kappa shape index (κ1) is 19.8. The molecule has 148 valence electrons. The molecule has 2 aliphatic rings. The van der Waals surface area contributed by atoms with Gasteiger partial charge in [-0.25, -0.2) is 8.42 Å². The van der Waals surface area contributed by atoms with Crippen LogP contribution in [0.15, 0.2) is 29.2 Å². The summed E-state index contributed by atoms with van der Waals surface area (Å²) in [5, 5.41) is 10.8. The van der Waals surface area contributed by atoms with Crippen LogP contribution >= 0.6 is 0 Å². The molecule has 3 rings (SSSR count). The van der Waals surface area contributed by atoms with Gasteiger partial charge in [-0.3, -0.25) is 14.9 Å². The fourth-order valence-corrected chi connectivity index (χ4v) is 5.44. The molecule has 1 amide bonds. The Morgan fingerprint density at radius 1 is 1.11 bits per heavy atom. The molecule has 2 saturated heterocycles. The van der Waals surface area contributed by atoms with Gasteiger partial charge in [0.15, 0.2) is 0 Å². The molecule has 0 N–H and O–H groups in total. The van der Waals surface area contributed by atoms with Crippen LogP contribution in [0.25, 0.3) is 0 Å². The third-order valence-corrected chi connectivity index (χ3v) is 7.38. The van der Waals surface area contributed by atoms with E-state index in [1.807, 2.05) is 11.8 Å². The molecule has 27 heavy (non-hydrogen) atoms. The molecule has 8 nitrogen and oxygen atoms in total. The van der Waals surface area contributed by atoms with E-state index in [1.165, 1.54) is 28.6 Å². The van der Waals surface area contributed by atoms with Gasteiger partial charge in [-0.05, 0) is 51.2 Å². The number of sulfonamides is 1. The second kappa shape index (κ2) is 7.93. The molecule has 0 bridgehead atoms. The van der Waals surface area contributed by atoms with E-state index in [9.17, 15) is 23.3 Å². The number of nitrogens with zero attached hydrogens (tertiary/aromatic N) is 3. The maximum atomic E-state index is 12.9. The highest BCUT2D eigenvalue weighted by molar-refractivity contribution is 7.89. The number of hydrogen-bond acceptors (Lipinski definition) is 5. The van der Waals surface area contributed by atoms with Crippen molar-refractivity contribution in [1.82, 2.24) is 9.21 Å². The number of amides is 1. The standard InChI is InChI=1S/C18H25N3O5S/c1-14-5-2-3-12-20(14)18(22)15-6-4-11-19(13-15)27(25,26)17-9-7-16(8-10-17)21(23)24/h7-10,14-15H,2-6,11-13H2,1H3/t14-,15-/m1/s1. The number of piperidine rings is 2. The van der Waals surface area contributed by atoms with Crippen molar-refractivity contribution in [2.24, 2.45) is 5.92 Å². The number of likely N-dealkylation sites (tertiary alicyclic amines) is 1. The van der Waals surface area contributed by atoms with Gasteiger partial charge < -0.3 is 4.90 Å². The summed E-state index contributed by atoms with van der Waals surface area (Å²) in [5.74, 6) is -0.280. The Morgan fingerprint density at radius 2 is 1.81 bits per heavy atom. The highest BCUT2D eigenvalue weighted by Gasteiger charge is 2.36. The monoisotopic (exact) mass is 395 g/mol. The molecule has 0 unspecified atom stereocenters. The minimum Gasteiger partial charge on any atom is -0.340 e. The largest absolute Gasteiger partial charge is 0.340 e. The number of carbonyl (C=O) groups is 1. The minimum absolute atomic E-state index is 0.0209. The number of non-ortho nitro benzene ring substituents is 1. The van der Waals surface area contributed by atoms with Gasteiger partial charge in [0.05, 0.1) is 15.7 Å². The van der Waals surface area contributed by atoms with Gasteiger partial charge in [-0.15, -0.1) is 0 Å². The van der Waals surface area contributed by atoms with Gasteiger partial charge in [-0.2, -0.15) is 4.31 Å². The minimum atomic E-state index is -3.78. The van der Waals surface area contributed by atoms with E-state index >= 15 is 0 Å². The summed E-state index contributed by atoms with van der Waals surface area (Å²) in [6.07, 6.45) is 4.42. The molecule has 0 aliphatic carbocycles. The summed E-state index contributed by atoms with van der Waals surface area (Å²) >= 11 is 0. The van der Waals surface area contributed by atoms with Crippen molar-refractivity contribution in [3.05, 3.63) is 34.4 Å². The lowest BCUT2D eigenvalue weighted by molar-refractivity contribution is -0.384. The first-order valence-electron chi connectivity index (χ1n) is 9.36. The lowest BCUT2D eigenvalue weighted by atomic mass is 9.95. The number of hydrogen-bond donors (Lipinski definition) is 0. The molecule has 2 fully saturated rings. The van der Waals surface area contributed by atoms with Crippen molar-refractivity contribution in [3.63, 3.8) is 0 Å². The summed E-state index contributed by atoms with van der Waals surface area (Å²) in [7, 11) is -3.78. The third-order valence-electron chi connectivity index (χ3n) is 5.50. The molecule has 0 aromatic heterocycles. The van der Waals surface area contributed by atoms with E-state index in [2.05, 4.69) is 0 Å². The van der Waals surface area contributed by atoms with Gasteiger partial charge in [0.25, 0.3) is 5.69 Å². The van der Waals surface area contributed by atoms with Crippen LogP contribution < -0.4 is 0 Å². The van der Waals surface area contributed by atoms with Crippen molar-refractivity contribution in [1.29, 1.82) is 0 Å². The molecule has 0 saturated carbocycles. The van der Waals surface area contributed by atoms with Gasteiger partial charge in [-0.1, -0.05) is 0 Å². The molecule has 0 radical (unpaired) electrons.